The maximum absolute atomic E-state index is 10.9. The van der Waals surface area contributed by atoms with Crippen LogP contribution in [-0.2, 0) is 6.54 Å². The van der Waals surface area contributed by atoms with Gasteiger partial charge in [-0.2, -0.15) is 0 Å². The van der Waals surface area contributed by atoms with Crippen LogP contribution in [0.1, 0.15) is 5.56 Å². The molecule has 0 saturated heterocycles. The summed E-state index contributed by atoms with van der Waals surface area (Å²) >= 11 is 3.94. The lowest BCUT2D eigenvalue weighted by Gasteiger charge is -1.94. The molecule has 54 valence electrons. The molecule has 0 bridgehead atoms. The summed E-state index contributed by atoms with van der Waals surface area (Å²) in [4.78, 5) is 13.4. The van der Waals surface area contributed by atoms with E-state index in [1.165, 1.54) is 0 Å². The fourth-order valence-corrected chi connectivity index (χ4v) is 0.830. The second-order valence-corrected chi connectivity index (χ2v) is 2.38. The van der Waals surface area contributed by atoms with Crippen molar-refractivity contribution in [1.29, 1.82) is 0 Å². The monoisotopic (exact) mass is 156 g/mol. The van der Waals surface area contributed by atoms with Gasteiger partial charge in [0.05, 0.1) is 5.03 Å². The van der Waals surface area contributed by atoms with Crippen molar-refractivity contribution in [2.24, 2.45) is 5.73 Å². The summed E-state index contributed by atoms with van der Waals surface area (Å²) < 4.78 is 0. The molecule has 1 aromatic rings. The first kappa shape index (κ1) is 7.37. The number of aromatic nitrogens is 1. The zero-order valence-corrected chi connectivity index (χ0v) is 6.19. The maximum atomic E-state index is 10.9. The quantitative estimate of drug-likeness (QED) is 0.506. The molecule has 0 aliphatic heterocycles. The van der Waals surface area contributed by atoms with Gasteiger partial charge in [0.1, 0.15) is 0 Å². The van der Waals surface area contributed by atoms with Gasteiger partial charge in [-0.25, -0.2) is 0 Å². The molecule has 1 aromatic heterocycles. The smallest absolute Gasteiger partial charge is 0.253 e. The van der Waals surface area contributed by atoms with Gasteiger partial charge >= 0.3 is 0 Å². The molecule has 0 radical (unpaired) electrons. The molecule has 0 amide bonds. The Morgan fingerprint density at radius 3 is 2.80 bits per heavy atom. The van der Waals surface area contributed by atoms with Crippen molar-refractivity contribution in [2.75, 3.05) is 0 Å². The van der Waals surface area contributed by atoms with E-state index in [9.17, 15) is 4.79 Å². The minimum Gasteiger partial charge on any atom is -0.326 e. The standard InChI is InChI=1S/C6H8N2OS/c7-3-4-1-2-5(10)8-6(4)9/h1-2H,3,7H2,(H2,8,9,10). The van der Waals surface area contributed by atoms with Gasteiger partial charge in [0.15, 0.2) is 0 Å². The van der Waals surface area contributed by atoms with Crippen molar-refractivity contribution in [2.45, 2.75) is 11.6 Å². The zero-order chi connectivity index (χ0) is 7.56. The van der Waals surface area contributed by atoms with Crippen LogP contribution in [0, 0.1) is 0 Å². The molecule has 0 fully saturated rings. The number of nitrogens with one attached hydrogen (secondary N) is 1. The Labute approximate surface area is 63.7 Å². The Kier molecular flexibility index (Phi) is 2.13. The minimum atomic E-state index is -0.157. The normalized spacial score (nSPS) is 9.80. The van der Waals surface area contributed by atoms with Crippen LogP contribution < -0.4 is 11.3 Å². The second kappa shape index (κ2) is 2.90. The van der Waals surface area contributed by atoms with Gasteiger partial charge in [-0.05, 0) is 12.1 Å². The summed E-state index contributed by atoms with van der Waals surface area (Å²) in [7, 11) is 0. The van der Waals surface area contributed by atoms with Crippen molar-refractivity contribution in [1.82, 2.24) is 4.98 Å². The highest BCUT2D eigenvalue weighted by molar-refractivity contribution is 7.80. The first-order chi connectivity index (χ1) is 4.74. The maximum Gasteiger partial charge on any atom is 0.253 e. The summed E-state index contributed by atoms with van der Waals surface area (Å²) in [6, 6.07) is 3.37. The minimum absolute atomic E-state index is 0.157. The number of H-pyrrole nitrogens is 1. The lowest BCUT2D eigenvalue weighted by molar-refractivity contribution is 0.974. The van der Waals surface area contributed by atoms with E-state index in [1.54, 1.807) is 12.1 Å². The summed E-state index contributed by atoms with van der Waals surface area (Å²) in [5.74, 6) is 0. The van der Waals surface area contributed by atoms with Gasteiger partial charge in [0.25, 0.3) is 5.56 Å². The number of pyridine rings is 1. The first-order valence-corrected chi connectivity index (χ1v) is 3.30. The Morgan fingerprint density at radius 2 is 2.30 bits per heavy atom. The van der Waals surface area contributed by atoms with E-state index < -0.39 is 0 Å². The van der Waals surface area contributed by atoms with E-state index in [1.807, 2.05) is 0 Å². The van der Waals surface area contributed by atoms with Crippen molar-refractivity contribution in [3.05, 3.63) is 28.0 Å². The van der Waals surface area contributed by atoms with E-state index in [2.05, 4.69) is 17.6 Å². The van der Waals surface area contributed by atoms with Crippen LogP contribution in [0.3, 0.4) is 0 Å². The predicted molar refractivity (Wildman–Crippen MR) is 42.2 cm³/mol. The Hall–Kier alpha value is -0.740. The number of thiol groups is 1. The highest BCUT2D eigenvalue weighted by atomic mass is 32.1. The summed E-state index contributed by atoms with van der Waals surface area (Å²) in [5.41, 5.74) is 5.68. The van der Waals surface area contributed by atoms with Gasteiger partial charge in [0, 0.05) is 12.1 Å². The average Bonchev–Trinajstić information content (AvgIpc) is 1.88. The number of rotatable bonds is 1. The van der Waals surface area contributed by atoms with Gasteiger partial charge < -0.3 is 10.7 Å². The van der Waals surface area contributed by atoms with E-state index >= 15 is 0 Å². The Bertz CT molecular complexity index is 281. The van der Waals surface area contributed by atoms with E-state index in [0.29, 0.717) is 10.6 Å². The lowest BCUT2D eigenvalue weighted by Crippen LogP contribution is -2.15. The van der Waals surface area contributed by atoms with Crippen molar-refractivity contribution in [3.63, 3.8) is 0 Å². The molecule has 4 heteroatoms. The lowest BCUT2D eigenvalue weighted by atomic mass is 10.3. The first-order valence-electron chi connectivity index (χ1n) is 2.85. The summed E-state index contributed by atoms with van der Waals surface area (Å²) in [6.07, 6.45) is 0. The van der Waals surface area contributed by atoms with Crippen molar-refractivity contribution in [3.8, 4) is 0 Å². The molecule has 0 saturated carbocycles. The second-order valence-electron chi connectivity index (χ2n) is 1.90. The number of hydrogen-bond acceptors (Lipinski definition) is 3. The molecule has 1 rings (SSSR count). The highest BCUT2D eigenvalue weighted by Crippen LogP contribution is 1.97. The molecule has 0 aliphatic rings. The summed E-state index contributed by atoms with van der Waals surface area (Å²) in [6.45, 7) is 0.267. The van der Waals surface area contributed by atoms with Crippen LogP contribution >= 0.6 is 12.6 Å². The van der Waals surface area contributed by atoms with Crippen LogP contribution in [0.5, 0.6) is 0 Å². The van der Waals surface area contributed by atoms with E-state index in [4.69, 9.17) is 5.73 Å². The molecule has 3 N–H and O–H groups in total. The Morgan fingerprint density at radius 1 is 1.60 bits per heavy atom. The molecular formula is C6H8N2OS. The predicted octanol–water partition coefficient (Wildman–Crippen LogP) is 0.122. The third kappa shape index (κ3) is 1.40. The van der Waals surface area contributed by atoms with Gasteiger partial charge in [-0.3, -0.25) is 4.79 Å². The van der Waals surface area contributed by atoms with E-state index in [0.717, 1.165) is 0 Å². The fraction of sp³-hybridized carbons (Fsp3) is 0.167. The van der Waals surface area contributed by atoms with E-state index in [-0.39, 0.29) is 12.1 Å². The molecule has 0 atom stereocenters. The van der Waals surface area contributed by atoms with Gasteiger partial charge in [-0.1, -0.05) is 0 Å². The highest BCUT2D eigenvalue weighted by Gasteiger charge is 1.94. The van der Waals surface area contributed by atoms with Crippen LogP contribution in [0.15, 0.2) is 22.0 Å². The molecule has 1 heterocycles. The molecule has 0 aromatic carbocycles. The number of hydrogen-bond donors (Lipinski definition) is 3. The van der Waals surface area contributed by atoms with Crippen LogP contribution in [0.4, 0.5) is 0 Å². The largest absolute Gasteiger partial charge is 0.326 e. The molecule has 0 unspecified atom stereocenters. The fourth-order valence-electron chi connectivity index (χ4n) is 0.654. The SMILES string of the molecule is NCc1ccc(S)[nH]c1=O. The molecule has 0 aliphatic carbocycles. The Balaban J connectivity index is 3.20. The third-order valence-corrected chi connectivity index (χ3v) is 1.46. The number of aromatic amines is 1. The third-order valence-electron chi connectivity index (χ3n) is 1.20. The van der Waals surface area contributed by atoms with Gasteiger partial charge in [0.2, 0.25) is 0 Å². The van der Waals surface area contributed by atoms with Gasteiger partial charge in [-0.15, -0.1) is 12.6 Å². The molecular weight excluding hydrogens is 148 g/mol. The van der Waals surface area contributed by atoms with Crippen molar-refractivity contribution < 1.29 is 0 Å². The van der Waals surface area contributed by atoms with Crippen molar-refractivity contribution >= 4 is 12.6 Å². The molecule has 0 spiro atoms. The van der Waals surface area contributed by atoms with Crippen LogP contribution in [-0.4, -0.2) is 4.98 Å². The van der Waals surface area contributed by atoms with Crippen LogP contribution in [0.2, 0.25) is 0 Å². The van der Waals surface area contributed by atoms with Crippen LogP contribution in [0.25, 0.3) is 0 Å². The number of nitrogens with two attached hydrogens (primary N) is 1. The molecule has 10 heavy (non-hydrogen) atoms. The zero-order valence-electron chi connectivity index (χ0n) is 5.29. The molecule has 3 nitrogen and oxygen atoms in total. The summed E-state index contributed by atoms with van der Waals surface area (Å²) in [5, 5.41) is 0.558. The average molecular weight is 156 g/mol. The topological polar surface area (TPSA) is 58.9 Å².